The predicted molar refractivity (Wildman–Crippen MR) is 203 cm³/mol. The van der Waals surface area contributed by atoms with Crippen molar-refractivity contribution in [2.24, 2.45) is 0 Å². The summed E-state index contributed by atoms with van der Waals surface area (Å²) in [4.78, 5) is 0. The van der Waals surface area contributed by atoms with Crippen LogP contribution in [0.15, 0.2) is 182 Å². The molecular formula is C46H30N2. The van der Waals surface area contributed by atoms with Crippen molar-refractivity contribution in [2.75, 3.05) is 0 Å². The summed E-state index contributed by atoms with van der Waals surface area (Å²) in [5.41, 5.74) is 10.9. The molecule has 2 aromatic heterocycles. The first-order chi connectivity index (χ1) is 23.8. The zero-order chi connectivity index (χ0) is 31.6. The molecule has 2 heterocycles. The monoisotopic (exact) mass is 610 g/mol. The Balaban J connectivity index is 1.10. The van der Waals surface area contributed by atoms with Gasteiger partial charge < -0.3 is 9.13 Å². The first-order valence-corrected chi connectivity index (χ1v) is 16.5. The zero-order valence-electron chi connectivity index (χ0n) is 26.2. The van der Waals surface area contributed by atoms with Crippen LogP contribution < -0.4 is 0 Å². The molecule has 0 aliphatic rings. The fraction of sp³-hybridized carbons (Fsp3) is 0. The topological polar surface area (TPSA) is 9.86 Å². The van der Waals surface area contributed by atoms with Crippen LogP contribution in [-0.2, 0) is 0 Å². The van der Waals surface area contributed by atoms with Gasteiger partial charge in [0.1, 0.15) is 0 Å². The molecule has 224 valence electrons. The molecule has 48 heavy (non-hydrogen) atoms. The van der Waals surface area contributed by atoms with E-state index >= 15 is 0 Å². The lowest BCUT2D eigenvalue weighted by Crippen LogP contribution is -1.94. The number of rotatable bonds is 4. The minimum Gasteiger partial charge on any atom is -0.317 e. The SMILES string of the molecule is c1ccc(-n2c3ccc(-c4ccc(-c5ccc(-n6ccc7ccccc76)cc5)cc4)cc3c3c4ccccc4c4ccccc4c32)cc1. The van der Waals surface area contributed by atoms with Crippen LogP contribution in [0.3, 0.4) is 0 Å². The van der Waals surface area contributed by atoms with Crippen LogP contribution >= 0.6 is 0 Å². The number of hydrogen-bond donors (Lipinski definition) is 0. The van der Waals surface area contributed by atoms with Gasteiger partial charge in [-0.25, -0.2) is 0 Å². The van der Waals surface area contributed by atoms with Crippen molar-refractivity contribution in [1.29, 1.82) is 0 Å². The van der Waals surface area contributed by atoms with Gasteiger partial charge in [0, 0.05) is 33.7 Å². The number of fused-ring (bicyclic) bond motifs is 9. The lowest BCUT2D eigenvalue weighted by atomic mass is 9.95. The molecule has 0 radical (unpaired) electrons. The van der Waals surface area contributed by atoms with Gasteiger partial charge in [0.25, 0.3) is 0 Å². The highest BCUT2D eigenvalue weighted by Gasteiger charge is 2.19. The van der Waals surface area contributed by atoms with Crippen molar-refractivity contribution in [3.63, 3.8) is 0 Å². The molecule has 8 aromatic carbocycles. The standard InChI is InChI=1S/C46H30N2/c1-2-11-37(12-3-1)48-44-27-24-35(30-42(44)45-40-15-7-5-13-38(40)39-14-6-8-16-41(39)46(45)48)33-20-18-31(19-21-33)32-22-25-36(26-23-32)47-29-28-34-10-4-9-17-43(34)47/h1-30H. The second kappa shape index (κ2) is 10.6. The molecule has 0 spiro atoms. The van der Waals surface area contributed by atoms with Crippen LogP contribution in [0.2, 0.25) is 0 Å². The third-order valence-corrected chi connectivity index (χ3v) is 9.95. The summed E-state index contributed by atoms with van der Waals surface area (Å²) >= 11 is 0. The minimum absolute atomic E-state index is 1.17. The molecule has 0 aliphatic heterocycles. The fourth-order valence-electron chi connectivity index (χ4n) is 7.68. The van der Waals surface area contributed by atoms with E-state index in [9.17, 15) is 0 Å². The zero-order valence-corrected chi connectivity index (χ0v) is 26.2. The molecule has 0 N–H and O–H groups in total. The van der Waals surface area contributed by atoms with Crippen LogP contribution in [0.1, 0.15) is 0 Å². The van der Waals surface area contributed by atoms with E-state index in [1.165, 1.54) is 87.9 Å². The van der Waals surface area contributed by atoms with Crippen LogP contribution in [-0.4, -0.2) is 9.13 Å². The molecule has 0 saturated heterocycles. The Morgan fingerprint density at radius 1 is 0.333 bits per heavy atom. The van der Waals surface area contributed by atoms with Gasteiger partial charge in [0.05, 0.1) is 16.6 Å². The number of para-hydroxylation sites is 2. The first kappa shape index (κ1) is 26.8. The highest BCUT2D eigenvalue weighted by Crippen LogP contribution is 2.43. The Kier molecular flexibility index (Phi) is 5.91. The molecule has 0 aliphatic carbocycles. The van der Waals surface area contributed by atoms with Gasteiger partial charge in [-0.2, -0.15) is 0 Å². The molecule has 0 atom stereocenters. The average Bonchev–Trinajstić information content (AvgIpc) is 3.75. The number of aromatic nitrogens is 2. The summed E-state index contributed by atoms with van der Waals surface area (Å²) in [5, 5.41) is 8.96. The number of hydrogen-bond acceptors (Lipinski definition) is 0. The Labute approximate surface area is 278 Å². The third kappa shape index (κ3) is 4.06. The van der Waals surface area contributed by atoms with E-state index in [0.717, 1.165) is 0 Å². The summed E-state index contributed by atoms with van der Waals surface area (Å²) in [7, 11) is 0. The van der Waals surface area contributed by atoms with Gasteiger partial charge in [0.2, 0.25) is 0 Å². The molecular weight excluding hydrogens is 581 g/mol. The Morgan fingerprint density at radius 2 is 0.896 bits per heavy atom. The van der Waals surface area contributed by atoms with E-state index in [-0.39, 0.29) is 0 Å². The lowest BCUT2D eigenvalue weighted by Gasteiger charge is -2.12. The summed E-state index contributed by atoms with van der Waals surface area (Å²) in [5.74, 6) is 0. The molecule has 2 nitrogen and oxygen atoms in total. The van der Waals surface area contributed by atoms with Crippen molar-refractivity contribution < 1.29 is 0 Å². The molecule has 0 saturated carbocycles. The lowest BCUT2D eigenvalue weighted by molar-refractivity contribution is 1.13. The highest BCUT2D eigenvalue weighted by atomic mass is 15.0. The van der Waals surface area contributed by atoms with Gasteiger partial charge >= 0.3 is 0 Å². The number of nitrogens with zero attached hydrogens (tertiary/aromatic N) is 2. The van der Waals surface area contributed by atoms with E-state index < -0.39 is 0 Å². The quantitative estimate of drug-likeness (QED) is 0.175. The van der Waals surface area contributed by atoms with Crippen molar-refractivity contribution >= 4 is 54.3 Å². The summed E-state index contributed by atoms with van der Waals surface area (Å²) < 4.78 is 4.70. The minimum atomic E-state index is 1.17. The fourth-order valence-corrected chi connectivity index (χ4v) is 7.68. The summed E-state index contributed by atoms with van der Waals surface area (Å²) in [6.45, 7) is 0. The smallest absolute Gasteiger partial charge is 0.0625 e. The summed E-state index contributed by atoms with van der Waals surface area (Å²) in [6, 6.07) is 64.0. The summed E-state index contributed by atoms with van der Waals surface area (Å²) in [6.07, 6.45) is 2.15. The van der Waals surface area contributed by atoms with Gasteiger partial charge in [0.15, 0.2) is 0 Å². The molecule has 0 bridgehead atoms. The highest BCUT2D eigenvalue weighted by molar-refractivity contribution is 6.32. The van der Waals surface area contributed by atoms with E-state index in [4.69, 9.17) is 0 Å². The van der Waals surface area contributed by atoms with Crippen molar-refractivity contribution in [3.8, 4) is 33.6 Å². The van der Waals surface area contributed by atoms with E-state index in [2.05, 4.69) is 191 Å². The van der Waals surface area contributed by atoms with Gasteiger partial charge in [-0.3, -0.25) is 0 Å². The van der Waals surface area contributed by atoms with Crippen LogP contribution in [0.25, 0.3) is 87.9 Å². The second-order valence-electron chi connectivity index (χ2n) is 12.6. The Bertz CT molecular complexity index is 2800. The average molecular weight is 611 g/mol. The Hall–Kier alpha value is -6.38. The molecule has 0 amide bonds. The maximum Gasteiger partial charge on any atom is 0.0625 e. The molecule has 10 aromatic rings. The van der Waals surface area contributed by atoms with Crippen molar-refractivity contribution in [1.82, 2.24) is 9.13 Å². The van der Waals surface area contributed by atoms with Crippen molar-refractivity contribution in [2.45, 2.75) is 0 Å². The molecule has 0 fully saturated rings. The number of benzene rings is 8. The van der Waals surface area contributed by atoms with Crippen molar-refractivity contribution in [3.05, 3.63) is 182 Å². The second-order valence-corrected chi connectivity index (χ2v) is 12.6. The molecule has 0 unspecified atom stereocenters. The van der Waals surface area contributed by atoms with Gasteiger partial charge in [-0.1, -0.05) is 127 Å². The van der Waals surface area contributed by atoms with E-state index in [0.29, 0.717) is 0 Å². The van der Waals surface area contributed by atoms with Crippen LogP contribution in [0.5, 0.6) is 0 Å². The Morgan fingerprint density at radius 3 is 1.65 bits per heavy atom. The molecule has 10 rings (SSSR count). The van der Waals surface area contributed by atoms with E-state index in [1.807, 2.05) is 0 Å². The van der Waals surface area contributed by atoms with Crippen LogP contribution in [0, 0.1) is 0 Å². The van der Waals surface area contributed by atoms with E-state index in [1.54, 1.807) is 0 Å². The maximum absolute atomic E-state index is 2.45. The normalized spacial score (nSPS) is 11.8. The van der Waals surface area contributed by atoms with Gasteiger partial charge in [-0.05, 0) is 92.3 Å². The maximum atomic E-state index is 2.45. The first-order valence-electron chi connectivity index (χ1n) is 16.5. The molecule has 2 heteroatoms. The van der Waals surface area contributed by atoms with Crippen LogP contribution in [0.4, 0.5) is 0 Å². The predicted octanol–water partition coefficient (Wildman–Crippen LogP) is 12.4. The van der Waals surface area contributed by atoms with Gasteiger partial charge in [-0.15, -0.1) is 0 Å². The largest absolute Gasteiger partial charge is 0.317 e. The third-order valence-electron chi connectivity index (χ3n) is 9.95.